The van der Waals surface area contributed by atoms with Gasteiger partial charge in [0, 0.05) is 6.08 Å². The van der Waals surface area contributed by atoms with E-state index < -0.39 is 18.3 Å². The molecule has 0 spiro atoms. The Labute approximate surface area is 126 Å². The predicted molar refractivity (Wildman–Crippen MR) is 73.6 cm³/mol. The van der Waals surface area contributed by atoms with Gasteiger partial charge in [0.2, 0.25) is 0 Å². The standard InChI is InChI=1S/C14H14O8/c1-18-12(15)7-5-9-4-6-10(21-13(16)19-2)11(8-9)22-14(17)20-3/h4-8H,1-3H3/b7-5+. The van der Waals surface area contributed by atoms with Gasteiger partial charge in [-0.05, 0) is 23.8 Å². The van der Waals surface area contributed by atoms with Gasteiger partial charge >= 0.3 is 18.3 Å². The minimum absolute atomic E-state index is 0.0486. The van der Waals surface area contributed by atoms with Crippen LogP contribution in [0, 0.1) is 0 Å². The molecular weight excluding hydrogens is 296 g/mol. The molecule has 118 valence electrons. The molecule has 1 rings (SSSR count). The smallest absolute Gasteiger partial charge is 0.466 e. The zero-order valence-electron chi connectivity index (χ0n) is 12.2. The van der Waals surface area contributed by atoms with E-state index in [-0.39, 0.29) is 11.5 Å². The Bertz CT molecular complexity index is 591. The van der Waals surface area contributed by atoms with E-state index in [1.54, 1.807) is 0 Å². The summed E-state index contributed by atoms with van der Waals surface area (Å²) in [6.45, 7) is 0. The first-order valence-corrected chi connectivity index (χ1v) is 5.91. The second kappa shape index (κ2) is 8.30. The van der Waals surface area contributed by atoms with Gasteiger partial charge in [-0.25, -0.2) is 14.4 Å². The quantitative estimate of drug-likeness (QED) is 0.361. The molecule has 0 unspecified atom stereocenters. The third-order valence-corrected chi connectivity index (χ3v) is 2.30. The third-order valence-electron chi connectivity index (χ3n) is 2.30. The molecule has 8 heteroatoms. The average Bonchev–Trinajstić information content (AvgIpc) is 2.54. The first-order valence-electron chi connectivity index (χ1n) is 5.91. The van der Waals surface area contributed by atoms with E-state index in [1.807, 2.05) is 0 Å². The van der Waals surface area contributed by atoms with E-state index in [0.29, 0.717) is 5.56 Å². The molecule has 0 amide bonds. The number of carbonyl (C=O) groups excluding carboxylic acids is 3. The molecule has 0 radical (unpaired) electrons. The molecule has 1 aromatic carbocycles. The molecule has 8 nitrogen and oxygen atoms in total. The van der Waals surface area contributed by atoms with Gasteiger partial charge in [-0.2, -0.15) is 0 Å². The maximum atomic E-state index is 11.2. The molecule has 0 saturated carbocycles. The molecule has 0 aliphatic carbocycles. The number of rotatable bonds is 4. The molecule has 0 N–H and O–H groups in total. The number of ether oxygens (including phenoxy) is 5. The van der Waals surface area contributed by atoms with Crippen molar-refractivity contribution in [3.8, 4) is 11.5 Å². The van der Waals surface area contributed by atoms with Crippen molar-refractivity contribution in [2.45, 2.75) is 0 Å². The highest BCUT2D eigenvalue weighted by molar-refractivity contribution is 5.87. The Kier molecular flexibility index (Phi) is 6.42. The maximum absolute atomic E-state index is 11.2. The Balaban J connectivity index is 3.07. The van der Waals surface area contributed by atoms with Crippen LogP contribution in [-0.2, 0) is 19.0 Å². The van der Waals surface area contributed by atoms with Crippen LogP contribution in [0.5, 0.6) is 11.5 Å². The predicted octanol–water partition coefficient (Wildman–Crippen LogP) is 2.16. The topological polar surface area (TPSA) is 97.4 Å². The van der Waals surface area contributed by atoms with Gasteiger partial charge in [0.1, 0.15) is 0 Å². The molecule has 22 heavy (non-hydrogen) atoms. The lowest BCUT2D eigenvalue weighted by Crippen LogP contribution is -2.12. The van der Waals surface area contributed by atoms with Gasteiger partial charge in [0.25, 0.3) is 0 Å². The summed E-state index contributed by atoms with van der Waals surface area (Å²) >= 11 is 0. The summed E-state index contributed by atoms with van der Waals surface area (Å²) in [5, 5.41) is 0. The summed E-state index contributed by atoms with van der Waals surface area (Å²) in [6, 6.07) is 4.27. The highest BCUT2D eigenvalue weighted by Crippen LogP contribution is 2.29. The zero-order chi connectivity index (χ0) is 16.5. The van der Waals surface area contributed by atoms with Crippen molar-refractivity contribution in [3.63, 3.8) is 0 Å². The van der Waals surface area contributed by atoms with Crippen molar-refractivity contribution in [3.05, 3.63) is 29.8 Å². The van der Waals surface area contributed by atoms with Crippen LogP contribution >= 0.6 is 0 Å². The molecule has 0 aromatic heterocycles. The number of esters is 1. The largest absolute Gasteiger partial charge is 0.513 e. The zero-order valence-corrected chi connectivity index (χ0v) is 12.2. The molecule has 0 fully saturated rings. The number of hydrogen-bond donors (Lipinski definition) is 0. The van der Waals surface area contributed by atoms with Gasteiger partial charge in [-0.15, -0.1) is 0 Å². The minimum Gasteiger partial charge on any atom is -0.466 e. The molecule has 0 saturated heterocycles. The Morgan fingerprint density at radius 2 is 1.45 bits per heavy atom. The minimum atomic E-state index is -0.996. The first-order chi connectivity index (χ1) is 10.5. The summed E-state index contributed by atoms with van der Waals surface area (Å²) in [5.74, 6) is -0.679. The van der Waals surface area contributed by atoms with Gasteiger partial charge in [-0.1, -0.05) is 6.07 Å². The van der Waals surface area contributed by atoms with Gasteiger partial charge in [0.05, 0.1) is 21.3 Å². The molecule has 0 bridgehead atoms. The normalized spacial score (nSPS) is 9.95. The first kappa shape index (κ1) is 17.0. The number of methoxy groups -OCH3 is 3. The lowest BCUT2D eigenvalue weighted by molar-refractivity contribution is -0.134. The van der Waals surface area contributed by atoms with Crippen molar-refractivity contribution in [2.24, 2.45) is 0 Å². The van der Waals surface area contributed by atoms with Crippen molar-refractivity contribution < 1.29 is 38.1 Å². The number of benzene rings is 1. The fraction of sp³-hybridized carbons (Fsp3) is 0.214. The Morgan fingerprint density at radius 3 is 2.00 bits per heavy atom. The highest BCUT2D eigenvalue weighted by Gasteiger charge is 2.14. The average molecular weight is 310 g/mol. The van der Waals surface area contributed by atoms with Crippen LogP contribution < -0.4 is 9.47 Å². The van der Waals surface area contributed by atoms with Crippen molar-refractivity contribution >= 4 is 24.4 Å². The Hall–Kier alpha value is -3.03. The lowest BCUT2D eigenvalue weighted by Gasteiger charge is -2.09. The summed E-state index contributed by atoms with van der Waals surface area (Å²) < 4.78 is 22.9. The second-order valence-electron chi connectivity index (χ2n) is 3.68. The molecule has 0 aliphatic rings. The lowest BCUT2D eigenvalue weighted by atomic mass is 10.2. The maximum Gasteiger partial charge on any atom is 0.513 e. The van der Waals surface area contributed by atoms with E-state index in [9.17, 15) is 14.4 Å². The molecule has 0 aliphatic heterocycles. The van der Waals surface area contributed by atoms with E-state index in [1.165, 1.54) is 37.5 Å². The summed E-state index contributed by atoms with van der Waals surface area (Å²) in [7, 11) is 3.51. The summed E-state index contributed by atoms with van der Waals surface area (Å²) in [5.41, 5.74) is 0.501. The van der Waals surface area contributed by atoms with Gasteiger partial charge < -0.3 is 23.7 Å². The number of hydrogen-bond acceptors (Lipinski definition) is 8. The van der Waals surface area contributed by atoms with Crippen LogP contribution in [0.25, 0.3) is 6.08 Å². The van der Waals surface area contributed by atoms with Gasteiger partial charge in [-0.3, -0.25) is 0 Å². The molecule has 0 atom stereocenters. The van der Waals surface area contributed by atoms with Crippen molar-refractivity contribution in [1.82, 2.24) is 0 Å². The molecule has 0 heterocycles. The van der Waals surface area contributed by atoms with Crippen LogP contribution in [-0.4, -0.2) is 39.6 Å². The van der Waals surface area contributed by atoms with E-state index in [2.05, 4.69) is 14.2 Å². The van der Waals surface area contributed by atoms with Crippen LogP contribution in [0.4, 0.5) is 9.59 Å². The summed E-state index contributed by atoms with van der Waals surface area (Å²) in [6.07, 6.45) is 0.632. The van der Waals surface area contributed by atoms with E-state index >= 15 is 0 Å². The van der Waals surface area contributed by atoms with Crippen LogP contribution in [0.3, 0.4) is 0 Å². The number of carbonyl (C=O) groups is 3. The van der Waals surface area contributed by atoms with Crippen LogP contribution in [0.2, 0.25) is 0 Å². The van der Waals surface area contributed by atoms with E-state index in [4.69, 9.17) is 9.47 Å². The fourth-order valence-electron chi connectivity index (χ4n) is 1.29. The molecular formula is C14H14O8. The SMILES string of the molecule is COC(=O)/C=C/c1ccc(OC(=O)OC)c(OC(=O)OC)c1. The van der Waals surface area contributed by atoms with Crippen LogP contribution in [0.1, 0.15) is 5.56 Å². The third kappa shape index (κ3) is 5.16. The summed E-state index contributed by atoms with van der Waals surface area (Å²) in [4.78, 5) is 33.4. The van der Waals surface area contributed by atoms with Crippen molar-refractivity contribution in [2.75, 3.05) is 21.3 Å². The van der Waals surface area contributed by atoms with E-state index in [0.717, 1.165) is 14.2 Å². The highest BCUT2D eigenvalue weighted by atomic mass is 16.7. The second-order valence-corrected chi connectivity index (χ2v) is 3.68. The Morgan fingerprint density at radius 1 is 0.864 bits per heavy atom. The van der Waals surface area contributed by atoms with Crippen molar-refractivity contribution in [1.29, 1.82) is 0 Å². The fourth-order valence-corrected chi connectivity index (χ4v) is 1.29. The van der Waals surface area contributed by atoms with Crippen LogP contribution in [0.15, 0.2) is 24.3 Å². The monoisotopic (exact) mass is 310 g/mol. The van der Waals surface area contributed by atoms with Gasteiger partial charge in [0.15, 0.2) is 11.5 Å². The molecule has 1 aromatic rings.